The van der Waals surface area contributed by atoms with Gasteiger partial charge < -0.3 is 19.9 Å². The van der Waals surface area contributed by atoms with Crippen molar-refractivity contribution in [2.45, 2.75) is 32.0 Å². The molecule has 0 amide bonds. The summed E-state index contributed by atoms with van der Waals surface area (Å²) >= 11 is 0. The molecule has 1 aliphatic rings. The van der Waals surface area contributed by atoms with E-state index < -0.39 is 5.60 Å². The lowest BCUT2D eigenvalue weighted by atomic mass is 10.0. The Hall–Kier alpha value is -0.650. The lowest BCUT2D eigenvalue weighted by molar-refractivity contribution is -0.146. The zero-order chi connectivity index (χ0) is 11.3. The van der Waals surface area contributed by atoms with Crippen LogP contribution < -0.4 is 5.32 Å². The predicted octanol–water partition coefficient (Wildman–Crippen LogP) is -0.321. The first-order valence-corrected chi connectivity index (χ1v) is 5.22. The van der Waals surface area contributed by atoms with Crippen LogP contribution in [0.15, 0.2) is 0 Å². The monoisotopic (exact) mass is 217 g/mol. The van der Waals surface area contributed by atoms with E-state index in [2.05, 4.69) is 5.32 Å². The van der Waals surface area contributed by atoms with Gasteiger partial charge in [-0.2, -0.15) is 0 Å². The molecule has 1 unspecified atom stereocenters. The van der Waals surface area contributed by atoms with Crippen LogP contribution in [0.5, 0.6) is 0 Å². The molecule has 0 radical (unpaired) electrons. The summed E-state index contributed by atoms with van der Waals surface area (Å²) in [6, 6.07) is 0. The zero-order valence-electron chi connectivity index (χ0n) is 9.28. The minimum atomic E-state index is -0.821. The van der Waals surface area contributed by atoms with Crippen LogP contribution in [0.2, 0.25) is 0 Å². The molecule has 15 heavy (non-hydrogen) atoms. The third-order valence-electron chi connectivity index (χ3n) is 2.17. The summed E-state index contributed by atoms with van der Waals surface area (Å²) in [4.78, 5) is 11.1. The van der Waals surface area contributed by atoms with Crippen LogP contribution in [0.4, 0.5) is 0 Å². The highest BCUT2D eigenvalue weighted by Gasteiger charge is 2.31. The van der Waals surface area contributed by atoms with E-state index in [9.17, 15) is 9.90 Å². The van der Waals surface area contributed by atoms with E-state index >= 15 is 0 Å². The van der Waals surface area contributed by atoms with Gasteiger partial charge >= 0.3 is 5.97 Å². The van der Waals surface area contributed by atoms with Gasteiger partial charge in [0.1, 0.15) is 5.60 Å². The molecule has 0 aromatic carbocycles. The Bertz CT molecular complexity index is 211. The van der Waals surface area contributed by atoms with Crippen molar-refractivity contribution in [3.05, 3.63) is 0 Å². The third-order valence-corrected chi connectivity index (χ3v) is 2.17. The average molecular weight is 217 g/mol. The maximum atomic E-state index is 11.1. The number of carbonyl (C=O) groups is 1. The van der Waals surface area contributed by atoms with Crippen molar-refractivity contribution in [3.63, 3.8) is 0 Å². The maximum absolute atomic E-state index is 11.1. The summed E-state index contributed by atoms with van der Waals surface area (Å²) in [5.74, 6) is -0.299. The van der Waals surface area contributed by atoms with Crippen LogP contribution in [0.25, 0.3) is 0 Å². The van der Waals surface area contributed by atoms with Crippen LogP contribution in [0.3, 0.4) is 0 Å². The molecular weight excluding hydrogens is 198 g/mol. The summed E-state index contributed by atoms with van der Waals surface area (Å²) < 4.78 is 10.0. The van der Waals surface area contributed by atoms with Gasteiger partial charge in [0.2, 0.25) is 0 Å². The minimum absolute atomic E-state index is 0.0998. The SMILES string of the molecule is CC(C)OC(=O)CNCC1(O)CCOC1. The summed E-state index contributed by atoms with van der Waals surface area (Å²) in [6.07, 6.45) is 0.511. The van der Waals surface area contributed by atoms with Gasteiger partial charge in [0.05, 0.1) is 19.3 Å². The van der Waals surface area contributed by atoms with E-state index in [1.165, 1.54) is 0 Å². The van der Waals surface area contributed by atoms with E-state index in [4.69, 9.17) is 9.47 Å². The van der Waals surface area contributed by atoms with Crippen molar-refractivity contribution in [1.82, 2.24) is 5.32 Å². The topological polar surface area (TPSA) is 67.8 Å². The minimum Gasteiger partial charge on any atom is -0.462 e. The number of nitrogens with one attached hydrogen (secondary N) is 1. The van der Waals surface area contributed by atoms with Crippen LogP contribution in [0.1, 0.15) is 20.3 Å². The van der Waals surface area contributed by atoms with Crippen LogP contribution in [0, 0.1) is 0 Å². The molecule has 0 aromatic rings. The van der Waals surface area contributed by atoms with Crippen molar-refractivity contribution in [1.29, 1.82) is 0 Å². The molecule has 1 fully saturated rings. The molecule has 0 spiro atoms. The molecule has 5 heteroatoms. The highest BCUT2D eigenvalue weighted by atomic mass is 16.5. The molecule has 5 nitrogen and oxygen atoms in total. The molecule has 1 rings (SSSR count). The number of esters is 1. The molecule has 0 bridgehead atoms. The van der Waals surface area contributed by atoms with E-state index in [0.29, 0.717) is 26.2 Å². The van der Waals surface area contributed by atoms with Gasteiger partial charge in [-0.25, -0.2) is 0 Å². The molecule has 88 valence electrons. The highest BCUT2D eigenvalue weighted by Crippen LogP contribution is 2.16. The van der Waals surface area contributed by atoms with E-state index in [-0.39, 0.29) is 18.6 Å². The molecule has 1 atom stereocenters. The molecule has 0 aliphatic carbocycles. The molecule has 0 saturated carbocycles. The summed E-state index contributed by atoms with van der Waals surface area (Å²) in [5.41, 5.74) is -0.821. The largest absolute Gasteiger partial charge is 0.462 e. The van der Waals surface area contributed by atoms with Gasteiger partial charge in [-0.15, -0.1) is 0 Å². The van der Waals surface area contributed by atoms with Gasteiger partial charge in [0.25, 0.3) is 0 Å². The Morgan fingerprint density at radius 2 is 2.40 bits per heavy atom. The van der Waals surface area contributed by atoms with Crippen molar-refractivity contribution in [2.75, 3.05) is 26.3 Å². The first-order valence-electron chi connectivity index (χ1n) is 5.22. The second-order valence-electron chi connectivity index (χ2n) is 4.17. The Morgan fingerprint density at radius 1 is 1.67 bits per heavy atom. The Kier molecular flexibility index (Phi) is 4.50. The number of rotatable bonds is 5. The van der Waals surface area contributed by atoms with E-state index in [1.807, 2.05) is 0 Å². The smallest absolute Gasteiger partial charge is 0.320 e. The van der Waals surface area contributed by atoms with Gasteiger partial charge in [-0.1, -0.05) is 0 Å². The fraction of sp³-hybridized carbons (Fsp3) is 0.900. The maximum Gasteiger partial charge on any atom is 0.320 e. The van der Waals surface area contributed by atoms with Crippen molar-refractivity contribution < 1.29 is 19.4 Å². The molecular formula is C10H19NO4. The molecule has 1 heterocycles. The number of hydrogen-bond donors (Lipinski definition) is 2. The second-order valence-corrected chi connectivity index (χ2v) is 4.17. The second kappa shape index (κ2) is 5.44. The fourth-order valence-electron chi connectivity index (χ4n) is 1.44. The van der Waals surface area contributed by atoms with Gasteiger partial charge in [0, 0.05) is 19.6 Å². The zero-order valence-corrected chi connectivity index (χ0v) is 9.28. The Morgan fingerprint density at radius 3 is 2.93 bits per heavy atom. The summed E-state index contributed by atoms with van der Waals surface area (Å²) in [5, 5.41) is 12.7. The Labute approximate surface area is 89.8 Å². The standard InChI is InChI=1S/C10H19NO4/c1-8(2)15-9(12)5-11-6-10(13)3-4-14-7-10/h8,11,13H,3-7H2,1-2H3. The molecule has 0 aromatic heterocycles. The average Bonchev–Trinajstić information content (AvgIpc) is 2.51. The Balaban J connectivity index is 2.12. The van der Waals surface area contributed by atoms with Crippen molar-refractivity contribution in [2.24, 2.45) is 0 Å². The molecule has 1 saturated heterocycles. The fourth-order valence-corrected chi connectivity index (χ4v) is 1.44. The molecule has 2 N–H and O–H groups in total. The predicted molar refractivity (Wildman–Crippen MR) is 54.5 cm³/mol. The van der Waals surface area contributed by atoms with Gasteiger partial charge in [-0.3, -0.25) is 4.79 Å². The number of hydrogen-bond acceptors (Lipinski definition) is 5. The first kappa shape index (κ1) is 12.4. The van der Waals surface area contributed by atoms with Crippen LogP contribution >= 0.6 is 0 Å². The van der Waals surface area contributed by atoms with Crippen LogP contribution in [-0.2, 0) is 14.3 Å². The van der Waals surface area contributed by atoms with Gasteiger partial charge in [-0.05, 0) is 13.8 Å². The number of carbonyl (C=O) groups excluding carboxylic acids is 1. The first-order chi connectivity index (χ1) is 7.02. The number of aliphatic hydroxyl groups is 1. The normalized spacial score (nSPS) is 25.9. The van der Waals surface area contributed by atoms with Crippen LogP contribution in [-0.4, -0.2) is 49.1 Å². The van der Waals surface area contributed by atoms with Gasteiger partial charge in [0.15, 0.2) is 0 Å². The highest BCUT2D eigenvalue weighted by molar-refractivity contribution is 5.71. The lowest BCUT2D eigenvalue weighted by Crippen LogP contribution is -2.43. The van der Waals surface area contributed by atoms with Crippen molar-refractivity contribution in [3.8, 4) is 0 Å². The summed E-state index contributed by atoms with van der Waals surface area (Å²) in [6.45, 7) is 5.00. The van der Waals surface area contributed by atoms with E-state index in [0.717, 1.165) is 0 Å². The van der Waals surface area contributed by atoms with E-state index in [1.54, 1.807) is 13.8 Å². The third kappa shape index (κ3) is 4.59. The quantitative estimate of drug-likeness (QED) is 0.618. The summed E-state index contributed by atoms with van der Waals surface area (Å²) in [7, 11) is 0. The lowest BCUT2D eigenvalue weighted by Gasteiger charge is -2.20. The molecule has 1 aliphatic heterocycles. The van der Waals surface area contributed by atoms with Crippen molar-refractivity contribution >= 4 is 5.97 Å². The number of ether oxygens (including phenoxy) is 2.